The Labute approximate surface area is 228 Å². The fourth-order valence-electron chi connectivity index (χ4n) is 2.84. The molecule has 0 unspecified atom stereocenters. The minimum atomic E-state index is -4.35. The second-order valence-corrected chi connectivity index (χ2v) is 10.6. The molecule has 0 bridgehead atoms. The van der Waals surface area contributed by atoms with E-state index in [9.17, 15) is 28.6 Å². The van der Waals surface area contributed by atoms with E-state index in [-0.39, 0.29) is 27.7 Å². The van der Waals surface area contributed by atoms with Gasteiger partial charge in [0.15, 0.2) is 11.5 Å². The third kappa shape index (κ3) is 6.59. The Morgan fingerprint density at radius 1 is 1.17 bits per heavy atom. The van der Waals surface area contributed by atoms with Gasteiger partial charge in [-0.25, -0.2) is 0 Å². The lowest BCUT2D eigenvalue weighted by Crippen LogP contribution is -2.13. The molecule has 184 valence electrons. The van der Waals surface area contributed by atoms with E-state index < -0.39 is 20.9 Å². The maximum Gasteiger partial charge on any atom is 0.339 e. The molecule has 0 saturated heterocycles. The summed E-state index contributed by atoms with van der Waals surface area (Å²) in [5.41, 5.74) is 0.424. The maximum atomic E-state index is 12.7. The van der Waals surface area contributed by atoms with Gasteiger partial charge in [-0.15, -0.1) is 0 Å². The van der Waals surface area contributed by atoms with Crippen molar-refractivity contribution in [3.05, 3.63) is 90.0 Å². The van der Waals surface area contributed by atoms with Gasteiger partial charge in [-0.2, -0.15) is 13.7 Å². The molecular weight excluding hydrogens is 669 g/mol. The lowest BCUT2D eigenvalue weighted by molar-refractivity contribution is -0.384. The molecule has 0 aliphatic heterocycles. The second kappa shape index (κ2) is 11.5. The van der Waals surface area contributed by atoms with Gasteiger partial charge in [-0.3, -0.25) is 14.9 Å². The summed E-state index contributed by atoms with van der Waals surface area (Å²) < 4.78 is 37.2. The summed E-state index contributed by atoms with van der Waals surface area (Å²) in [7, 11) is -3.04. The van der Waals surface area contributed by atoms with Gasteiger partial charge in [0.05, 0.1) is 15.6 Å². The number of nitro benzene ring substituents is 1. The minimum absolute atomic E-state index is 0.0317. The Kier molecular flexibility index (Phi) is 8.66. The van der Waals surface area contributed by atoms with Crippen LogP contribution < -0.4 is 14.2 Å². The van der Waals surface area contributed by atoms with Gasteiger partial charge < -0.3 is 14.2 Å². The molecule has 0 saturated carbocycles. The van der Waals surface area contributed by atoms with Crippen LogP contribution in [0, 0.1) is 25.0 Å². The number of non-ortho nitro benzene ring substituents is 1. The van der Waals surface area contributed by atoms with Crippen molar-refractivity contribution in [1.29, 1.82) is 5.26 Å². The number of nitro groups is 1. The van der Waals surface area contributed by atoms with Gasteiger partial charge in [-0.05, 0) is 82.8 Å². The number of benzene rings is 3. The highest BCUT2D eigenvalue weighted by molar-refractivity contribution is 14.1. The van der Waals surface area contributed by atoms with E-state index in [1.165, 1.54) is 25.3 Å². The molecule has 0 aliphatic rings. The average Bonchev–Trinajstić information content (AvgIpc) is 2.85. The van der Waals surface area contributed by atoms with Gasteiger partial charge >= 0.3 is 10.1 Å². The molecule has 10 nitrogen and oxygen atoms in total. The Balaban J connectivity index is 1.89. The van der Waals surface area contributed by atoms with E-state index in [2.05, 4.69) is 21.2 Å². The predicted molar refractivity (Wildman–Crippen MR) is 143 cm³/mol. The third-order valence-corrected chi connectivity index (χ3v) is 7.12. The number of carbonyl (C=O) groups is 1. The van der Waals surface area contributed by atoms with Gasteiger partial charge in [0, 0.05) is 22.3 Å². The van der Waals surface area contributed by atoms with Crippen LogP contribution in [-0.4, -0.2) is 26.4 Å². The number of carbonyl (C=O) groups excluding carboxylic acids is 1. The number of hydrogen-bond donors (Lipinski definition) is 1. The molecule has 1 amide bonds. The van der Waals surface area contributed by atoms with Crippen molar-refractivity contribution in [3.63, 3.8) is 0 Å². The molecule has 0 aliphatic carbocycles. The molecule has 13 heteroatoms. The SMILES string of the molecule is COc1cc(/C=C(\C#N)C(=O)Nc2ccc(Br)cc2)cc(I)c1OS(=O)(=O)c1ccc([N+](=O)[O-])cc1. The molecule has 3 aromatic carbocycles. The van der Waals surface area contributed by atoms with E-state index in [4.69, 9.17) is 8.92 Å². The topological polar surface area (TPSA) is 149 Å². The normalized spacial score (nSPS) is 11.3. The molecule has 0 fully saturated rings. The van der Waals surface area contributed by atoms with E-state index >= 15 is 0 Å². The van der Waals surface area contributed by atoms with Crippen LogP contribution >= 0.6 is 38.5 Å². The molecule has 3 aromatic rings. The number of amides is 1. The fraction of sp³-hybridized carbons (Fsp3) is 0.0435. The van der Waals surface area contributed by atoms with E-state index in [0.717, 1.165) is 28.7 Å². The molecule has 0 aromatic heterocycles. The highest BCUT2D eigenvalue weighted by Gasteiger charge is 2.23. The van der Waals surface area contributed by atoms with E-state index in [0.29, 0.717) is 14.8 Å². The van der Waals surface area contributed by atoms with Crippen molar-refractivity contribution in [1.82, 2.24) is 0 Å². The van der Waals surface area contributed by atoms with Crippen LogP contribution in [0.4, 0.5) is 11.4 Å². The van der Waals surface area contributed by atoms with Crippen molar-refractivity contribution >= 4 is 72.0 Å². The Morgan fingerprint density at radius 3 is 2.36 bits per heavy atom. The highest BCUT2D eigenvalue weighted by atomic mass is 127. The molecule has 36 heavy (non-hydrogen) atoms. The van der Waals surface area contributed by atoms with Crippen molar-refractivity contribution in [2.24, 2.45) is 0 Å². The monoisotopic (exact) mass is 683 g/mol. The number of nitriles is 1. The highest BCUT2D eigenvalue weighted by Crippen LogP contribution is 2.36. The third-order valence-electron chi connectivity index (χ3n) is 4.56. The van der Waals surface area contributed by atoms with Crippen LogP contribution in [0.15, 0.2) is 75.6 Å². The van der Waals surface area contributed by atoms with Crippen molar-refractivity contribution in [2.45, 2.75) is 4.90 Å². The Bertz CT molecular complexity index is 1500. The largest absolute Gasteiger partial charge is 0.493 e. The average molecular weight is 684 g/mol. The van der Waals surface area contributed by atoms with Gasteiger partial charge in [0.2, 0.25) is 0 Å². The number of hydrogen-bond acceptors (Lipinski definition) is 8. The number of halogens is 2. The number of ether oxygens (including phenoxy) is 1. The number of rotatable bonds is 8. The van der Waals surface area contributed by atoms with E-state index in [1.807, 2.05) is 28.7 Å². The lowest BCUT2D eigenvalue weighted by Gasteiger charge is -2.13. The number of anilines is 1. The standard InChI is InChI=1S/C23H15BrIN3O7S/c1-34-21-12-14(10-15(13-26)23(29)27-17-4-2-16(24)3-5-17)11-20(25)22(21)35-36(32,33)19-8-6-18(7-9-19)28(30)31/h2-12H,1H3,(H,27,29)/b15-10+. The molecular formula is C23H15BrIN3O7S. The molecule has 1 N–H and O–H groups in total. The molecule has 0 heterocycles. The van der Waals surface area contributed by atoms with Crippen LogP contribution in [0.25, 0.3) is 6.08 Å². The lowest BCUT2D eigenvalue weighted by atomic mass is 10.1. The van der Waals surface area contributed by atoms with Crippen LogP contribution in [0.1, 0.15) is 5.56 Å². The van der Waals surface area contributed by atoms with Crippen LogP contribution in [0.5, 0.6) is 11.5 Å². The zero-order valence-corrected chi connectivity index (χ0v) is 22.8. The summed E-state index contributed by atoms with van der Waals surface area (Å²) in [6, 6.07) is 15.8. The van der Waals surface area contributed by atoms with Gasteiger partial charge in [0.25, 0.3) is 11.6 Å². The number of nitrogens with one attached hydrogen (secondary N) is 1. The van der Waals surface area contributed by atoms with Gasteiger partial charge in [-0.1, -0.05) is 15.9 Å². The van der Waals surface area contributed by atoms with E-state index in [1.54, 1.807) is 24.3 Å². The van der Waals surface area contributed by atoms with Crippen LogP contribution in [0.3, 0.4) is 0 Å². The number of nitrogens with zero attached hydrogens (tertiary/aromatic N) is 2. The molecule has 0 radical (unpaired) electrons. The van der Waals surface area contributed by atoms with Crippen LogP contribution in [0.2, 0.25) is 0 Å². The Hall–Kier alpha value is -3.48. The predicted octanol–water partition coefficient (Wildman–Crippen LogP) is 5.28. The van der Waals surface area contributed by atoms with Crippen LogP contribution in [-0.2, 0) is 14.9 Å². The molecule has 0 spiro atoms. The zero-order chi connectivity index (χ0) is 26.5. The summed E-state index contributed by atoms with van der Waals surface area (Å²) in [6.07, 6.45) is 1.33. The van der Waals surface area contributed by atoms with Crippen molar-refractivity contribution in [2.75, 3.05) is 12.4 Å². The fourth-order valence-corrected chi connectivity index (χ4v) is 4.95. The summed E-state index contributed by atoms with van der Waals surface area (Å²) in [6.45, 7) is 0. The van der Waals surface area contributed by atoms with Gasteiger partial charge in [0.1, 0.15) is 16.5 Å². The first-order chi connectivity index (χ1) is 17.0. The maximum absolute atomic E-state index is 12.7. The summed E-state index contributed by atoms with van der Waals surface area (Å²) in [4.78, 5) is 22.4. The zero-order valence-electron chi connectivity index (χ0n) is 18.3. The summed E-state index contributed by atoms with van der Waals surface area (Å²) in [5.74, 6) is -0.717. The second-order valence-electron chi connectivity index (χ2n) is 6.95. The number of methoxy groups -OCH3 is 1. The minimum Gasteiger partial charge on any atom is -0.493 e. The van der Waals surface area contributed by atoms with Crippen molar-refractivity contribution in [3.8, 4) is 17.6 Å². The first kappa shape index (κ1) is 27.1. The summed E-state index contributed by atoms with van der Waals surface area (Å²) >= 11 is 5.13. The first-order valence-electron chi connectivity index (χ1n) is 9.79. The molecule has 0 atom stereocenters. The summed E-state index contributed by atoms with van der Waals surface area (Å²) in [5, 5.41) is 22.9. The quantitative estimate of drug-likeness (QED) is 0.0842. The first-order valence-corrected chi connectivity index (χ1v) is 13.1. The Morgan fingerprint density at radius 2 is 1.81 bits per heavy atom. The van der Waals surface area contributed by atoms with Crippen molar-refractivity contribution < 1.29 is 27.1 Å². The molecule has 3 rings (SSSR count). The smallest absolute Gasteiger partial charge is 0.339 e.